The average Bonchev–Trinajstić information content (AvgIpc) is 2.88. The van der Waals surface area contributed by atoms with Gasteiger partial charge in [-0.3, -0.25) is 9.69 Å². The Morgan fingerprint density at radius 1 is 0.892 bits per heavy atom. The van der Waals surface area contributed by atoms with E-state index in [4.69, 9.17) is 19.9 Å². The second-order valence-corrected chi connectivity index (χ2v) is 9.07. The molecule has 3 aromatic carbocycles. The van der Waals surface area contributed by atoms with E-state index >= 15 is 0 Å². The summed E-state index contributed by atoms with van der Waals surface area (Å²) in [7, 11) is 0. The Morgan fingerprint density at radius 2 is 1.59 bits per heavy atom. The quantitative estimate of drug-likeness (QED) is 0.319. The highest BCUT2D eigenvalue weighted by atomic mass is 16.7. The zero-order valence-corrected chi connectivity index (χ0v) is 21.8. The maximum atomic E-state index is 13.0. The van der Waals surface area contributed by atoms with E-state index in [0.29, 0.717) is 12.3 Å². The molecule has 0 aliphatic rings. The van der Waals surface area contributed by atoms with E-state index in [0.717, 1.165) is 24.0 Å². The molecule has 7 heteroatoms. The van der Waals surface area contributed by atoms with E-state index < -0.39 is 12.3 Å². The third kappa shape index (κ3) is 9.28. The normalized spacial score (nSPS) is 11.5. The molecule has 3 rings (SSSR count). The number of hydrogen-bond acceptors (Lipinski definition) is 5. The predicted octanol–water partition coefficient (Wildman–Crippen LogP) is 5.30. The minimum Gasteiger partial charge on any atom is -0.467 e. The van der Waals surface area contributed by atoms with Gasteiger partial charge in [0.05, 0.1) is 6.42 Å². The summed E-state index contributed by atoms with van der Waals surface area (Å²) in [5.41, 5.74) is 10.7. The Bertz CT molecular complexity index is 1150. The first-order chi connectivity index (χ1) is 17.8. The molecule has 0 radical (unpaired) electrons. The predicted molar refractivity (Wildman–Crippen MR) is 143 cm³/mol. The van der Waals surface area contributed by atoms with Crippen LogP contribution in [-0.4, -0.2) is 36.5 Å². The van der Waals surface area contributed by atoms with Crippen molar-refractivity contribution in [1.29, 1.82) is 0 Å². The van der Waals surface area contributed by atoms with E-state index in [1.165, 1.54) is 16.7 Å². The summed E-state index contributed by atoms with van der Waals surface area (Å²) < 4.78 is 17.1. The number of carbonyl (C=O) groups is 2. The number of aryl methyl sites for hydroxylation is 3. The van der Waals surface area contributed by atoms with Crippen molar-refractivity contribution in [3.8, 4) is 5.75 Å². The number of benzene rings is 3. The molecule has 0 saturated carbocycles. The molecular weight excluding hydrogens is 468 g/mol. The van der Waals surface area contributed by atoms with Crippen LogP contribution in [0.1, 0.15) is 41.2 Å². The van der Waals surface area contributed by atoms with Gasteiger partial charge >= 0.3 is 6.09 Å². The van der Waals surface area contributed by atoms with E-state index in [1.807, 2.05) is 30.3 Å². The largest absolute Gasteiger partial charge is 0.467 e. The minimum atomic E-state index is -0.558. The summed E-state index contributed by atoms with van der Waals surface area (Å²) in [6.07, 6.45) is 0.781. The smallest absolute Gasteiger partial charge is 0.412 e. The van der Waals surface area contributed by atoms with Gasteiger partial charge in [0, 0.05) is 6.54 Å². The fraction of sp³-hybridized carbons (Fsp3) is 0.333. The van der Waals surface area contributed by atoms with Crippen molar-refractivity contribution in [2.45, 2.75) is 52.9 Å². The van der Waals surface area contributed by atoms with Crippen LogP contribution in [0.3, 0.4) is 0 Å². The molecule has 0 aliphatic carbocycles. The van der Waals surface area contributed by atoms with Crippen molar-refractivity contribution in [3.63, 3.8) is 0 Å². The van der Waals surface area contributed by atoms with Gasteiger partial charge in [0.2, 0.25) is 5.91 Å². The molecule has 196 valence electrons. The molecule has 1 unspecified atom stereocenters. The van der Waals surface area contributed by atoms with Crippen molar-refractivity contribution in [2.75, 3.05) is 13.3 Å². The molecule has 1 atom stereocenters. The van der Waals surface area contributed by atoms with Crippen molar-refractivity contribution >= 4 is 12.0 Å². The van der Waals surface area contributed by atoms with E-state index in [1.54, 1.807) is 36.1 Å². The van der Waals surface area contributed by atoms with Gasteiger partial charge in [-0.25, -0.2) is 4.79 Å². The number of carbonyl (C=O) groups excluding carboxylic acids is 2. The van der Waals surface area contributed by atoms with Gasteiger partial charge in [-0.1, -0.05) is 60.7 Å². The average molecular weight is 505 g/mol. The van der Waals surface area contributed by atoms with Crippen LogP contribution in [0.4, 0.5) is 4.79 Å². The van der Waals surface area contributed by atoms with E-state index in [9.17, 15) is 9.59 Å². The summed E-state index contributed by atoms with van der Waals surface area (Å²) in [4.78, 5) is 25.6. The standard InChI is InChI=1S/C30H36N2O5/c1-22-11-12-25(18-23(22)2)10-7-17-32(30(34)35-20-27-8-5-4-6-9-27)24(3)36-21-37-28-15-13-26(14-16-28)19-29(31)33/h4-6,8-9,11-16,18,24H,7,10,17,19-21H2,1-3H3,(H2,31,33). The van der Waals surface area contributed by atoms with Crippen LogP contribution in [0.15, 0.2) is 72.8 Å². The van der Waals surface area contributed by atoms with Gasteiger partial charge in [0.1, 0.15) is 18.6 Å². The zero-order valence-electron chi connectivity index (χ0n) is 21.8. The van der Waals surface area contributed by atoms with Crippen LogP contribution < -0.4 is 10.5 Å². The van der Waals surface area contributed by atoms with Crippen molar-refractivity contribution in [1.82, 2.24) is 4.90 Å². The molecule has 0 saturated heterocycles. The van der Waals surface area contributed by atoms with Crippen molar-refractivity contribution in [3.05, 3.63) is 101 Å². The topological polar surface area (TPSA) is 91.1 Å². The number of nitrogens with zero attached hydrogens (tertiary/aromatic N) is 1. The van der Waals surface area contributed by atoms with Crippen LogP contribution in [0.25, 0.3) is 0 Å². The first-order valence-electron chi connectivity index (χ1n) is 12.5. The number of nitrogens with two attached hydrogens (primary N) is 1. The zero-order chi connectivity index (χ0) is 26.6. The number of amides is 2. The summed E-state index contributed by atoms with van der Waals surface area (Å²) in [6.45, 7) is 6.63. The molecule has 0 bridgehead atoms. The van der Waals surface area contributed by atoms with Gasteiger partial charge < -0.3 is 19.9 Å². The molecule has 0 spiro atoms. The number of rotatable bonds is 13. The first-order valence-corrected chi connectivity index (χ1v) is 12.5. The molecule has 0 aromatic heterocycles. The Balaban J connectivity index is 1.56. The molecule has 7 nitrogen and oxygen atoms in total. The van der Waals surface area contributed by atoms with Crippen LogP contribution in [0, 0.1) is 13.8 Å². The van der Waals surface area contributed by atoms with Gasteiger partial charge in [-0.05, 0) is 73.6 Å². The van der Waals surface area contributed by atoms with E-state index in [-0.39, 0.29) is 25.7 Å². The third-order valence-corrected chi connectivity index (χ3v) is 6.15. The minimum absolute atomic E-state index is 0.0457. The Kier molecular flexibility index (Phi) is 10.5. The van der Waals surface area contributed by atoms with Gasteiger partial charge in [0.15, 0.2) is 6.79 Å². The lowest BCUT2D eigenvalue weighted by Crippen LogP contribution is -2.42. The second-order valence-electron chi connectivity index (χ2n) is 9.07. The maximum Gasteiger partial charge on any atom is 0.412 e. The van der Waals surface area contributed by atoms with E-state index in [2.05, 4.69) is 32.0 Å². The van der Waals surface area contributed by atoms with Gasteiger partial charge in [-0.15, -0.1) is 0 Å². The molecule has 3 aromatic rings. The maximum absolute atomic E-state index is 13.0. The molecular formula is C30H36N2O5. The highest BCUT2D eigenvalue weighted by molar-refractivity contribution is 5.76. The van der Waals surface area contributed by atoms with Gasteiger partial charge in [0.25, 0.3) is 0 Å². The van der Waals surface area contributed by atoms with Crippen LogP contribution in [0.2, 0.25) is 0 Å². The monoisotopic (exact) mass is 504 g/mol. The first kappa shape index (κ1) is 27.7. The van der Waals surface area contributed by atoms with Crippen molar-refractivity contribution < 1.29 is 23.8 Å². The molecule has 37 heavy (non-hydrogen) atoms. The third-order valence-electron chi connectivity index (χ3n) is 6.15. The fourth-order valence-electron chi connectivity index (χ4n) is 3.83. The van der Waals surface area contributed by atoms with Crippen LogP contribution in [0.5, 0.6) is 5.75 Å². The number of hydrogen-bond donors (Lipinski definition) is 1. The molecule has 2 N–H and O–H groups in total. The number of primary amides is 1. The Morgan fingerprint density at radius 3 is 2.27 bits per heavy atom. The molecule has 0 aliphatic heterocycles. The molecule has 0 fully saturated rings. The van der Waals surface area contributed by atoms with Crippen LogP contribution >= 0.6 is 0 Å². The number of ether oxygens (including phenoxy) is 3. The Labute approximate surface area is 219 Å². The SMILES string of the molecule is Cc1ccc(CCCN(C(=O)OCc2ccccc2)C(C)OCOc2ccc(CC(N)=O)cc2)cc1C. The summed E-state index contributed by atoms with van der Waals surface area (Å²) >= 11 is 0. The second kappa shape index (κ2) is 14.0. The highest BCUT2D eigenvalue weighted by Crippen LogP contribution is 2.16. The van der Waals surface area contributed by atoms with Gasteiger partial charge in [-0.2, -0.15) is 0 Å². The lowest BCUT2D eigenvalue weighted by atomic mass is 10.0. The van der Waals surface area contributed by atoms with Crippen LogP contribution in [-0.2, 0) is 33.7 Å². The summed E-state index contributed by atoms with van der Waals surface area (Å²) in [5.74, 6) is 0.205. The molecule has 0 heterocycles. The highest BCUT2D eigenvalue weighted by Gasteiger charge is 2.22. The summed E-state index contributed by atoms with van der Waals surface area (Å²) in [5, 5.41) is 0. The molecule has 2 amide bonds. The Hall–Kier alpha value is -3.84. The lowest BCUT2D eigenvalue weighted by Gasteiger charge is -2.28. The fourth-order valence-corrected chi connectivity index (χ4v) is 3.83. The van der Waals surface area contributed by atoms with Crippen molar-refractivity contribution in [2.24, 2.45) is 5.73 Å². The lowest BCUT2D eigenvalue weighted by molar-refractivity contribution is -0.117. The summed E-state index contributed by atoms with van der Waals surface area (Å²) in [6, 6.07) is 23.1.